The molecule has 2 aromatic carbocycles. The van der Waals surface area contributed by atoms with Crippen LogP contribution in [0.5, 0.6) is 17.2 Å². The van der Waals surface area contributed by atoms with Gasteiger partial charge in [0.05, 0.1) is 45.4 Å². The zero-order valence-corrected chi connectivity index (χ0v) is 17.9. The Morgan fingerprint density at radius 1 is 1.03 bits per heavy atom. The fraction of sp³-hybridized carbons (Fsp3) is 0.318. The molecule has 3 aromatic rings. The molecule has 0 fully saturated rings. The van der Waals surface area contributed by atoms with E-state index in [-0.39, 0.29) is 18.0 Å². The van der Waals surface area contributed by atoms with E-state index in [9.17, 15) is 9.59 Å². The quantitative estimate of drug-likeness (QED) is 0.559. The van der Waals surface area contributed by atoms with Crippen molar-refractivity contribution in [1.29, 1.82) is 0 Å². The molecule has 0 radical (unpaired) electrons. The molecule has 0 aliphatic heterocycles. The van der Waals surface area contributed by atoms with E-state index in [0.717, 1.165) is 0 Å². The number of rotatable bonds is 9. The van der Waals surface area contributed by atoms with Gasteiger partial charge in [0.15, 0.2) is 11.5 Å². The maximum atomic E-state index is 13.3. The summed E-state index contributed by atoms with van der Waals surface area (Å²) in [5.41, 5.74) is 0.648. The number of benzene rings is 2. The number of carbonyl (C=O) groups excluding carboxylic acids is 1. The number of aromatic nitrogens is 2. The Morgan fingerprint density at radius 3 is 2.32 bits per heavy atom. The van der Waals surface area contributed by atoms with Gasteiger partial charge in [0, 0.05) is 19.2 Å². The van der Waals surface area contributed by atoms with E-state index < -0.39 is 0 Å². The van der Waals surface area contributed by atoms with E-state index in [1.807, 2.05) is 6.07 Å². The molecule has 9 nitrogen and oxygen atoms in total. The van der Waals surface area contributed by atoms with Gasteiger partial charge in [0.2, 0.25) is 5.75 Å². The molecular weight excluding hydrogens is 402 g/mol. The number of hydrogen-bond acceptors (Lipinski definition) is 7. The number of fused-ring (bicyclic) bond motifs is 1. The smallest absolute Gasteiger partial charge is 0.258 e. The number of aromatic amines is 1. The predicted octanol–water partition coefficient (Wildman–Crippen LogP) is 2.24. The number of carbonyl (C=O) groups is 1. The summed E-state index contributed by atoms with van der Waals surface area (Å²) >= 11 is 0. The minimum Gasteiger partial charge on any atom is -0.493 e. The molecule has 0 aliphatic carbocycles. The largest absolute Gasteiger partial charge is 0.493 e. The standard InChI is InChI=1S/C22H25N3O6/c1-28-10-9-25(13-19-23-16-8-6-5-7-15(16)21(26)24-19)22(27)14-11-17(29-2)20(31-4)18(12-14)30-3/h5-8,11-12H,9-10,13H2,1-4H3,(H,23,24,26). The lowest BCUT2D eigenvalue weighted by Crippen LogP contribution is -2.34. The summed E-state index contributed by atoms with van der Waals surface area (Å²) in [5.74, 6) is 1.21. The average Bonchev–Trinajstić information content (AvgIpc) is 2.80. The molecule has 0 atom stereocenters. The van der Waals surface area contributed by atoms with Crippen LogP contribution in [0.2, 0.25) is 0 Å². The second kappa shape index (κ2) is 9.94. The van der Waals surface area contributed by atoms with Crippen molar-refractivity contribution < 1.29 is 23.7 Å². The number of amides is 1. The van der Waals surface area contributed by atoms with Crippen molar-refractivity contribution in [3.8, 4) is 17.2 Å². The molecule has 1 aromatic heterocycles. The molecule has 0 aliphatic rings. The van der Waals surface area contributed by atoms with Crippen molar-refractivity contribution in [2.45, 2.75) is 6.54 Å². The van der Waals surface area contributed by atoms with Gasteiger partial charge in [-0.15, -0.1) is 0 Å². The normalized spacial score (nSPS) is 10.7. The van der Waals surface area contributed by atoms with Crippen LogP contribution in [0.25, 0.3) is 10.9 Å². The molecule has 9 heteroatoms. The molecule has 31 heavy (non-hydrogen) atoms. The van der Waals surface area contributed by atoms with E-state index in [1.54, 1.807) is 37.4 Å². The monoisotopic (exact) mass is 427 g/mol. The highest BCUT2D eigenvalue weighted by Crippen LogP contribution is 2.38. The van der Waals surface area contributed by atoms with Crippen LogP contribution in [0.4, 0.5) is 0 Å². The number of methoxy groups -OCH3 is 4. The minimum atomic E-state index is -0.299. The summed E-state index contributed by atoms with van der Waals surface area (Å²) in [6, 6.07) is 10.2. The number of nitrogens with zero attached hydrogens (tertiary/aromatic N) is 2. The third-order valence-electron chi connectivity index (χ3n) is 4.77. The SMILES string of the molecule is COCCN(Cc1nc2ccccc2c(=O)[nH]1)C(=O)c1cc(OC)c(OC)c(OC)c1. The van der Waals surface area contributed by atoms with Crippen molar-refractivity contribution in [1.82, 2.24) is 14.9 Å². The Hall–Kier alpha value is -3.59. The molecule has 0 spiro atoms. The Kier molecular flexibility index (Phi) is 7.09. The van der Waals surface area contributed by atoms with Crippen LogP contribution in [0.3, 0.4) is 0 Å². The summed E-state index contributed by atoms with van der Waals surface area (Å²) in [6.45, 7) is 0.704. The van der Waals surface area contributed by atoms with Crippen molar-refractivity contribution in [3.05, 3.63) is 58.1 Å². The molecule has 0 unspecified atom stereocenters. The van der Waals surface area contributed by atoms with Gasteiger partial charge in [-0.25, -0.2) is 4.98 Å². The highest BCUT2D eigenvalue weighted by molar-refractivity contribution is 5.95. The van der Waals surface area contributed by atoms with Gasteiger partial charge in [0.25, 0.3) is 11.5 Å². The first kappa shape index (κ1) is 22.1. The minimum absolute atomic E-state index is 0.0962. The van der Waals surface area contributed by atoms with E-state index >= 15 is 0 Å². The lowest BCUT2D eigenvalue weighted by molar-refractivity contribution is 0.0674. The molecule has 0 saturated carbocycles. The third kappa shape index (κ3) is 4.77. The summed E-state index contributed by atoms with van der Waals surface area (Å²) in [5, 5.41) is 0.491. The Morgan fingerprint density at radius 2 is 1.71 bits per heavy atom. The average molecular weight is 427 g/mol. The van der Waals surface area contributed by atoms with Gasteiger partial charge < -0.3 is 28.8 Å². The summed E-state index contributed by atoms with van der Waals surface area (Å²) in [6.07, 6.45) is 0. The maximum absolute atomic E-state index is 13.3. The number of H-pyrrole nitrogens is 1. The van der Waals surface area contributed by atoms with Crippen LogP contribution in [-0.2, 0) is 11.3 Å². The molecule has 0 saturated heterocycles. The number of nitrogens with one attached hydrogen (secondary N) is 1. The summed E-state index contributed by atoms with van der Waals surface area (Å²) in [7, 11) is 6.02. The molecule has 1 amide bonds. The van der Waals surface area contributed by atoms with Gasteiger partial charge in [-0.3, -0.25) is 9.59 Å². The first-order valence-corrected chi connectivity index (χ1v) is 9.58. The fourth-order valence-corrected chi connectivity index (χ4v) is 3.23. The highest BCUT2D eigenvalue weighted by Gasteiger charge is 2.22. The van der Waals surface area contributed by atoms with Crippen LogP contribution in [0, 0.1) is 0 Å². The number of hydrogen-bond donors (Lipinski definition) is 1. The van der Waals surface area contributed by atoms with E-state index in [4.69, 9.17) is 18.9 Å². The van der Waals surface area contributed by atoms with E-state index in [0.29, 0.717) is 52.7 Å². The van der Waals surface area contributed by atoms with Crippen molar-refractivity contribution in [3.63, 3.8) is 0 Å². The van der Waals surface area contributed by atoms with Gasteiger partial charge in [-0.2, -0.15) is 0 Å². The molecule has 164 valence electrons. The lowest BCUT2D eigenvalue weighted by atomic mass is 10.1. The van der Waals surface area contributed by atoms with Crippen LogP contribution in [0.1, 0.15) is 16.2 Å². The highest BCUT2D eigenvalue weighted by atomic mass is 16.5. The third-order valence-corrected chi connectivity index (χ3v) is 4.77. The van der Waals surface area contributed by atoms with Crippen LogP contribution in [-0.4, -0.2) is 62.4 Å². The number of ether oxygens (including phenoxy) is 4. The van der Waals surface area contributed by atoms with Crippen molar-refractivity contribution in [2.24, 2.45) is 0 Å². The van der Waals surface area contributed by atoms with E-state index in [2.05, 4.69) is 9.97 Å². The Balaban J connectivity index is 1.97. The second-order valence-corrected chi connectivity index (χ2v) is 6.66. The molecule has 1 N–H and O–H groups in total. The lowest BCUT2D eigenvalue weighted by Gasteiger charge is -2.23. The number of para-hydroxylation sites is 1. The van der Waals surface area contributed by atoms with Crippen LogP contribution >= 0.6 is 0 Å². The summed E-state index contributed by atoms with van der Waals surface area (Å²) < 4.78 is 21.2. The van der Waals surface area contributed by atoms with Crippen molar-refractivity contribution in [2.75, 3.05) is 41.6 Å². The zero-order valence-electron chi connectivity index (χ0n) is 17.9. The maximum Gasteiger partial charge on any atom is 0.258 e. The Labute approximate surface area is 179 Å². The van der Waals surface area contributed by atoms with Crippen molar-refractivity contribution >= 4 is 16.8 Å². The molecular formula is C22H25N3O6. The Bertz CT molecular complexity index is 1100. The second-order valence-electron chi connectivity index (χ2n) is 6.66. The van der Waals surface area contributed by atoms with Crippen LogP contribution in [0.15, 0.2) is 41.2 Å². The molecule has 3 rings (SSSR count). The van der Waals surface area contributed by atoms with Gasteiger partial charge >= 0.3 is 0 Å². The first-order chi connectivity index (χ1) is 15.0. The fourth-order valence-electron chi connectivity index (χ4n) is 3.23. The van der Waals surface area contributed by atoms with Gasteiger partial charge in [-0.1, -0.05) is 12.1 Å². The zero-order chi connectivity index (χ0) is 22.4. The van der Waals surface area contributed by atoms with E-state index in [1.165, 1.54) is 26.2 Å². The molecule has 1 heterocycles. The summed E-state index contributed by atoms with van der Waals surface area (Å²) in [4.78, 5) is 34.5. The predicted molar refractivity (Wildman–Crippen MR) is 115 cm³/mol. The van der Waals surface area contributed by atoms with Crippen LogP contribution < -0.4 is 19.8 Å². The topological polar surface area (TPSA) is 103 Å². The molecule has 0 bridgehead atoms. The first-order valence-electron chi connectivity index (χ1n) is 9.58. The van der Waals surface area contributed by atoms with Gasteiger partial charge in [0.1, 0.15) is 5.82 Å². The van der Waals surface area contributed by atoms with Gasteiger partial charge in [-0.05, 0) is 24.3 Å².